The van der Waals surface area contributed by atoms with Gasteiger partial charge in [-0.25, -0.2) is 14.6 Å². The van der Waals surface area contributed by atoms with Crippen molar-refractivity contribution in [1.29, 1.82) is 0 Å². The molecule has 0 N–H and O–H groups in total. The Labute approximate surface area is 179 Å². The van der Waals surface area contributed by atoms with Gasteiger partial charge in [-0.3, -0.25) is 4.79 Å². The molecule has 1 saturated carbocycles. The van der Waals surface area contributed by atoms with Crippen LogP contribution in [-0.2, 0) is 24.1 Å². The van der Waals surface area contributed by atoms with E-state index in [1.807, 2.05) is 31.2 Å². The predicted octanol–water partition coefficient (Wildman–Crippen LogP) is 5.26. The average Bonchev–Trinajstić information content (AvgIpc) is 2.76. The molecule has 0 spiro atoms. The van der Waals surface area contributed by atoms with Gasteiger partial charge in [0.25, 0.3) is 0 Å². The Morgan fingerprint density at radius 1 is 1.17 bits per heavy atom. The molecule has 1 fully saturated rings. The quantitative estimate of drug-likeness (QED) is 0.170. The molecular formula is C24H34O6. The number of benzene rings is 1. The summed E-state index contributed by atoms with van der Waals surface area (Å²) in [7, 11) is 1.35. The Morgan fingerprint density at radius 2 is 1.80 bits per heavy atom. The fourth-order valence-corrected chi connectivity index (χ4v) is 3.87. The minimum atomic E-state index is -0.414. The van der Waals surface area contributed by atoms with Crippen LogP contribution in [0.4, 0.5) is 0 Å². The van der Waals surface area contributed by atoms with E-state index >= 15 is 0 Å². The maximum Gasteiger partial charge on any atom is 0.333 e. The van der Waals surface area contributed by atoms with Crippen molar-refractivity contribution in [3.8, 4) is 5.75 Å². The lowest BCUT2D eigenvalue weighted by Crippen LogP contribution is -2.37. The molecular weight excluding hydrogens is 384 g/mol. The van der Waals surface area contributed by atoms with Crippen LogP contribution in [0.25, 0.3) is 0 Å². The number of esters is 2. The highest BCUT2D eigenvalue weighted by Gasteiger charge is 2.37. The van der Waals surface area contributed by atoms with Crippen molar-refractivity contribution < 1.29 is 28.8 Å². The first-order valence-corrected chi connectivity index (χ1v) is 10.7. The number of hydrogen-bond donors (Lipinski definition) is 0. The van der Waals surface area contributed by atoms with E-state index < -0.39 is 5.97 Å². The third kappa shape index (κ3) is 6.67. The summed E-state index contributed by atoms with van der Waals surface area (Å²) in [5.74, 6) is 0.287. The lowest BCUT2D eigenvalue weighted by molar-refractivity contribution is -0.391. The van der Waals surface area contributed by atoms with E-state index in [0.717, 1.165) is 32.1 Å². The van der Waals surface area contributed by atoms with Crippen molar-refractivity contribution >= 4 is 11.9 Å². The zero-order chi connectivity index (χ0) is 22.1. The maximum absolute atomic E-state index is 11.6. The molecule has 30 heavy (non-hydrogen) atoms. The number of hydrogen-bond acceptors (Lipinski definition) is 6. The van der Waals surface area contributed by atoms with E-state index in [9.17, 15) is 9.59 Å². The van der Waals surface area contributed by atoms with Crippen LogP contribution in [0, 0.1) is 0 Å². The Balaban J connectivity index is 1.90. The van der Waals surface area contributed by atoms with Gasteiger partial charge in [0, 0.05) is 18.9 Å². The summed E-state index contributed by atoms with van der Waals surface area (Å²) < 4.78 is 9.82. The Hall–Kier alpha value is -2.18. The fourth-order valence-electron chi connectivity index (χ4n) is 3.87. The normalized spacial score (nSPS) is 22.2. The molecule has 1 atom stereocenters. The molecule has 0 saturated heterocycles. The number of carbonyl (C=O) groups excluding carboxylic acids is 2. The summed E-state index contributed by atoms with van der Waals surface area (Å²) in [5.41, 5.74) is 1.32. The topological polar surface area (TPSA) is 71.1 Å². The van der Waals surface area contributed by atoms with Gasteiger partial charge in [0.15, 0.2) is 0 Å². The minimum absolute atomic E-state index is 0.230. The second kappa shape index (κ2) is 11.3. The van der Waals surface area contributed by atoms with E-state index in [-0.39, 0.29) is 17.7 Å². The standard InChI is InChI=1S/C24H34O6/c1-6-21(16-17(3)23(26)27-5)29-30-24(7-2)14-12-20(13-15-24)19-8-10-22(11-9-19)28-18(4)25/h8-11,20-21H,3,6-7,12-16H2,1-2,4-5H3/t20-,21?,24+. The third-order valence-corrected chi connectivity index (χ3v) is 5.92. The smallest absolute Gasteiger partial charge is 0.333 e. The first-order valence-electron chi connectivity index (χ1n) is 10.7. The molecule has 1 aliphatic carbocycles. The Bertz CT molecular complexity index is 716. The second-order valence-electron chi connectivity index (χ2n) is 7.98. The van der Waals surface area contributed by atoms with E-state index in [1.54, 1.807) is 0 Å². The summed E-state index contributed by atoms with van der Waals surface area (Å²) in [5, 5.41) is 0. The first kappa shape index (κ1) is 24.1. The predicted molar refractivity (Wildman–Crippen MR) is 114 cm³/mol. The van der Waals surface area contributed by atoms with E-state index in [4.69, 9.17) is 19.2 Å². The van der Waals surface area contributed by atoms with Gasteiger partial charge in [-0.2, -0.15) is 0 Å². The number of carbonyl (C=O) groups is 2. The lowest BCUT2D eigenvalue weighted by Gasteiger charge is -2.39. The zero-order valence-electron chi connectivity index (χ0n) is 18.6. The van der Waals surface area contributed by atoms with Gasteiger partial charge in [-0.15, -0.1) is 0 Å². The van der Waals surface area contributed by atoms with Gasteiger partial charge in [0.05, 0.1) is 13.2 Å². The Kier molecular flexibility index (Phi) is 9.06. The van der Waals surface area contributed by atoms with Crippen LogP contribution in [0.3, 0.4) is 0 Å². The molecule has 0 bridgehead atoms. The molecule has 6 heteroatoms. The molecule has 2 rings (SSSR count). The molecule has 0 amide bonds. The van der Waals surface area contributed by atoms with E-state index in [2.05, 4.69) is 13.5 Å². The SMILES string of the molecule is C=C(CC(CC)OO[C@]1(CC)CC[C@H](c2ccc(OC(C)=O)cc2)CC1)C(=O)OC. The van der Waals surface area contributed by atoms with Crippen LogP contribution in [0.1, 0.15) is 77.2 Å². The highest BCUT2D eigenvalue weighted by molar-refractivity contribution is 5.87. The largest absolute Gasteiger partial charge is 0.466 e. The number of methoxy groups -OCH3 is 1. The van der Waals surface area contributed by atoms with Gasteiger partial charge in [0.1, 0.15) is 11.4 Å². The molecule has 1 aromatic rings. The maximum atomic E-state index is 11.6. The van der Waals surface area contributed by atoms with Crippen LogP contribution in [0.5, 0.6) is 5.75 Å². The van der Waals surface area contributed by atoms with Crippen LogP contribution in [0.15, 0.2) is 36.4 Å². The molecule has 1 aromatic carbocycles. The van der Waals surface area contributed by atoms with Crippen LogP contribution in [0.2, 0.25) is 0 Å². The highest BCUT2D eigenvalue weighted by Crippen LogP contribution is 2.42. The summed E-state index contributed by atoms with van der Waals surface area (Å²) in [6, 6.07) is 7.76. The molecule has 0 aliphatic heterocycles. The van der Waals surface area contributed by atoms with Crippen LogP contribution < -0.4 is 4.74 Å². The monoisotopic (exact) mass is 418 g/mol. The van der Waals surface area contributed by atoms with Crippen molar-refractivity contribution in [1.82, 2.24) is 0 Å². The molecule has 166 valence electrons. The summed E-state index contributed by atoms with van der Waals surface area (Å²) in [6.07, 6.45) is 5.52. The summed E-state index contributed by atoms with van der Waals surface area (Å²) >= 11 is 0. The van der Waals surface area contributed by atoms with E-state index in [1.165, 1.54) is 19.6 Å². The van der Waals surface area contributed by atoms with Gasteiger partial charge >= 0.3 is 11.9 Å². The van der Waals surface area contributed by atoms with Crippen LogP contribution >= 0.6 is 0 Å². The first-order chi connectivity index (χ1) is 14.3. The molecule has 0 heterocycles. The number of rotatable bonds is 10. The van der Waals surface area contributed by atoms with Gasteiger partial charge in [-0.05, 0) is 62.1 Å². The van der Waals surface area contributed by atoms with Gasteiger partial charge < -0.3 is 9.47 Å². The molecule has 0 radical (unpaired) electrons. The lowest BCUT2D eigenvalue weighted by atomic mass is 9.75. The van der Waals surface area contributed by atoms with Gasteiger partial charge in [-0.1, -0.05) is 32.6 Å². The van der Waals surface area contributed by atoms with Crippen molar-refractivity contribution in [2.45, 2.75) is 83.3 Å². The highest BCUT2D eigenvalue weighted by atomic mass is 17.2. The van der Waals surface area contributed by atoms with Gasteiger partial charge in [0.2, 0.25) is 0 Å². The average molecular weight is 419 g/mol. The number of ether oxygens (including phenoxy) is 2. The van der Waals surface area contributed by atoms with Crippen molar-refractivity contribution in [3.05, 3.63) is 42.0 Å². The third-order valence-electron chi connectivity index (χ3n) is 5.92. The summed E-state index contributed by atoms with van der Waals surface area (Å²) in [6.45, 7) is 9.28. The molecule has 1 unspecified atom stereocenters. The van der Waals surface area contributed by atoms with Crippen molar-refractivity contribution in [3.63, 3.8) is 0 Å². The van der Waals surface area contributed by atoms with Crippen molar-refractivity contribution in [2.75, 3.05) is 7.11 Å². The summed E-state index contributed by atoms with van der Waals surface area (Å²) in [4.78, 5) is 34.4. The van der Waals surface area contributed by atoms with Crippen LogP contribution in [-0.4, -0.2) is 30.8 Å². The molecule has 0 aromatic heterocycles. The molecule has 6 nitrogen and oxygen atoms in total. The Morgan fingerprint density at radius 3 is 2.30 bits per heavy atom. The molecule has 1 aliphatic rings. The van der Waals surface area contributed by atoms with Crippen molar-refractivity contribution in [2.24, 2.45) is 0 Å². The minimum Gasteiger partial charge on any atom is -0.466 e. The zero-order valence-corrected chi connectivity index (χ0v) is 18.6. The van der Waals surface area contributed by atoms with E-state index in [0.29, 0.717) is 30.1 Å². The second-order valence-corrected chi connectivity index (χ2v) is 7.98. The fraction of sp³-hybridized carbons (Fsp3) is 0.583.